The minimum absolute atomic E-state index is 0.367. The van der Waals surface area contributed by atoms with Gasteiger partial charge in [0.2, 0.25) is 0 Å². The van der Waals surface area contributed by atoms with Gasteiger partial charge in [-0.3, -0.25) is 0 Å². The van der Waals surface area contributed by atoms with Crippen LogP contribution >= 0.6 is 22.9 Å². The monoisotopic (exact) mass is 329 g/mol. The maximum absolute atomic E-state index is 12.5. The first kappa shape index (κ1) is 15.5. The number of aryl methyl sites for hydroxylation is 1. The smallest absolute Gasteiger partial charge is 0.206 e. The van der Waals surface area contributed by atoms with Gasteiger partial charge in [-0.25, -0.2) is 8.42 Å². The van der Waals surface area contributed by atoms with Crippen LogP contribution in [0.25, 0.3) is 0 Å². The van der Waals surface area contributed by atoms with Gasteiger partial charge in [0.05, 0.1) is 0 Å². The fourth-order valence-corrected chi connectivity index (χ4v) is 4.84. The van der Waals surface area contributed by atoms with Crippen LogP contribution in [0.5, 0.6) is 0 Å². The Morgan fingerprint density at radius 1 is 1.15 bits per heavy atom. The molecule has 0 unspecified atom stereocenters. The lowest BCUT2D eigenvalue weighted by Gasteiger charge is -2.16. The second-order valence-corrected chi connectivity index (χ2v) is 8.22. The fourth-order valence-electron chi connectivity index (χ4n) is 1.80. The van der Waals surface area contributed by atoms with Gasteiger partial charge in [0, 0.05) is 24.3 Å². The summed E-state index contributed by atoms with van der Waals surface area (Å²) in [6.07, 6.45) is 0.699. The molecule has 2 aromatic rings. The number of sulfonamides is 1. The zero-order valence-electron chi connectivity index (χ0n) is 11.1. The molecule has 0 amide bonds. The average molecular weight is 330 g/mol. The molecular weight excluding hydrogens is 314 g/mol. The molecule has 0 aliphatic rings. The van der Waals surface area contributed by atoms with Crippen LogP contribution in [0.15, 0.2) is 46.7 Å². The summed E-state index contributed by atoms with van der Waals surface area (Å²) in [6.45, 7) is 0.367. The van der Waals surface area contributed by atoms with Crippen molar-refractivity contribution in [3.05, 3.63) is 52.9 Å². The Balaban J connectivity index is 2.16. The summed E-state index contributed by atoms with van der Waals surface area (Å²) in [5.41, 5.74) is 0.969. The largest absolute Gasteiger partial charge is 0.252 e. The summed E-state index contributed by atoms with van der Waals surface area (Å²) in [5, 5.41) is 0. The first-order chi connectivity index (χ1) is 9.54. The molecule has 108 valence electrons. The van der Waals surface area contributed by atoms with E-state index >= 15 is 0 Å². The van der Waals surface area contributed by atoms with Gasteiger partial charge in [-0.1, -0.05) is 30.3 Å². The molecular formula is C14H16ClNO2S2. The van der Waals surface area contributed by atoms with Gasteiger partial charge in [-0.05, 0) is 24.1 Å². The number of nitrogens with zero attached hydrogens (tertiary/aromatic N) is 1. The van der Waals surface area contributed by atoms with Crippen LogP contribution in [-0.4, -0.2) is 25.7 Å². The zero-order valence-corrected chi connectivity index (χ0v) is 13.5. The molecule has 1 aromatic carbocycles. The van der Waals surface area contributed by atoms with Gasteiger partial charge in [-0.15, -0.1) is 22.9 Å². The van der Waals surface area contributed by atoms with Crippen LogP contribution in [0.2, 0.25) is 0 Å². The highest BCUT2D eigenvalue weighted by Crippen LogP contribution is 2.25. The minimum Gasteiger partial charge on any atom is -0.206 e. The Kier molecular flexibility index (Phi) is 5.21. The molecule has 0 saturated heterocycles. The van der Waals surface area contributed by atoms with Crippen molar-refractivity contribution in [3.63, 3.8) is 0 Å². The Morgan fingerprint density at radius 2 is 1.85 bits per heavy atom. The predicted octanol–water partition coefficient (Wildman–Crippen LogP) is 3.35. The number of hydrogen-bond donors (Lipinski definition) is 0. The lowest BCUT2D eigenvalue weighted by molar-refractivity contribution is 0.468. The van der Waals surface area contributed by atoms with Crippen molar-refractivity contribution in [3.8, 4) is 0 Å². The highest BCUT2D eigenvalue weighted by Gasteiger charge is 2.22. The van der Waals surface area contributed by atoms with Gasteiger partial charge in [0.1, 0.15) is 4.21 Å². The molecule has 0 fully saturated rings. The Hall–Kier alpha value is -0.880. The van der Waals surface area contributed by atoms with Crippen LogP contribution in [0.1, 0.15) is 10.4 Å². The van der Waals surface area contributed by atoms with Crippen molar-refractivity contribution < 1.29 is 8.42 Å². The molecule has 0 radical (unpaired) electrons. The zero-order chi connectivity index (χ0) is 14.6. The first-order valence-electron chi connectivity index (χ1n) is 6.19. The van der Waals surface area contributed by atoms with Gasteiger partial charge in [-0.2, -0.15) is 4.31 Å². The lowest BCUT2D eigenvalue weighted by atomic mass is 10.2. The number of thiophene rings is 1. The van der Waals surface area contributed by atoms with E-state index in [9.17, 15) is 8.42 Å². The highest BCUT2D eigenvalue weighted by molar-refractivity contribution is 7.91. The van der Waals surface area contributed by atoms with Crippen LogP contribution in [0.3, 0.4) is 0 Å². The second-order valence-electron chi connectivity index (χ2n) is 4.41. The molecule has 0 N–H and O–H groups in total. The van der Waals surface area contributed by atoms with Crippen LogP contribution in [-0.2, 0) is 23.0 Å². The molecule has 0 atom stereocenters. The Morgan fingerprint density at radius 3 is 2.50 bits per heavy atom. The van der Waals surface area contributed by atoms with E-state index in [0.717, 1.165) is 10.4 Å². The standard InChI is InChI=1S/C14H16ClNO2S2/c1-16(11-12-5-3-2-4-6-12)20(17,18)14-8-7-13(19-14)9-10-15/h2-8H,9-11H2,1H3. The fraction of sp³-hybridized carbons (Fsp3) is 0.286. The third kappa shape index (κ3) is 3.61. The van der Waals surface area contributed by atoms with Crippen LogP contribution in [0, 0.1) is 0 Å². The summed E-state index contributed by atoms with van der Waals surface area (Å²) in [5.74, 6) is 0.500. The summed E-state index contributed by atoms with van der Waals surface area (Å²) in [7, 11) is -1.83. The third-order valence-corrected chi connectivity index (χ3v) is 6.50. The molecule has 0 spiro atoms. The highest BCUT2D eigenvalue weighted by atomic mass is 35.5. The molecule has 3 nitrogen and oxygen atoms in total. The van der Waals surface area contributed by atoms with Crippen LogP contribution in [0.4, 0.5) is 0 Å². The van der Waals surface area contributed by atoms with Crippen molar-refractivity contribution in [2.45, 2.75) is 17.2 Å². The van der Waals surface area contributed by atoms with E-state index in [1.165, 1.54) is 15.6 Å². The van der Waals surface area contributed by atoms with E-state index in [1.807, 2.05) is 36.4 Å². The van der Waals surface area contributed by atoms with E-state index in [2.05, 4.69) is 0 Å². The van der Waals surface area contributed by atoms with Crippen molar-refractivity contribution in [1.82, 2.24) is 4.31 Å². The van der Waals surface area contributed by atoms with Gasteiger partial charge in [0.25, 0.3) is 10.0 Å². The Labute approximate surface area is 128 Å². The second kappa shape index (κ2) is 6.72. The van der Waals surface area contributed by atoms with Gasteiger partial charge in [0.15, 0.2) is 0 Å². The molecule has 20 heavy (non-hydrogen) atoms. The minimum atomic E-state index is -3.43. The van der Waals surface area contributed by atoms with E-state index in [0.29, 0.717) is 23.1 Å². The quantitative estimate of drug-likeness (QED) is 0.762. The van der Waals surface area contributed by atoms with E-state index < -0.39 is 10.0 Å². The molecule has 0 aliphatic carbocycles. The van der Waals surface area contributed by atoms with E-state index in [4.69, 9.17) is 11.6 Å². The summed E-state index contributed by atoms with van der Waals surface area (Å²) < 4.78 is 26.7. The molecule has 0 saturated carbocycles. The lowest BCUT2D eigenvalue weighted by Crippen LogP contribution is -2.25. The van der Waals surface area contributed by atoms with Crippen molar-refractivity contribution in [1.29, 1.82) is 0 Å². The SMILES string of the molecule is CN(Cc1ccccc1)S(=O)(=O)c1ccc(CCCl)s1. The third-order valence-electron chi connectivity index (χ3n) is 2.89. The normalized spacial score (nSPS) is 11.9. The number of benzene rings is 1. The molecule has 6 heteroatoms. The summed E-state index contributed by atoms with van der Waals surface area (Å²) in [4.78, 5) is 0.992. The van der Waals surface area contributed by atoms with Gasteiger partial charge >= 0.3 is 0 Å². The van der Waals surface area contributed by atoms with Crippen molar-refractivity contribution in [2.75, 3.05) is 12.9 Å². The molecule has 2 rings (SSSR count). The maximum atomic E-state index is 12.5. The number of halogens is 1. The molecule has 0 aliphatic heterocycles. The van der Waals surface area contributed by atoms with Crippen molar-refractivity contribution >= 4 is 33.0 Å². The molecule has 1 heterocycles. The topological polar surface area (TPSA) is 37.4 Å². The predicted molar refractivity (Wildman–Crippen MR) is 83.8 cm³/mol. The van der Waals surface area contributed by atoms with E-state index in [-0.39, 0.29) is 0 Å². The maximum Gasteiger partial charge on any atom is 0.252 e. The molecule has 0 bridgehead atoms. The van der Waals surface area contributed by atoms with Crippen molar-refractivity contribution in [2.24, 2.45) is 0 Å². The number of hydrogen-bond acceptors (Lipinski definition) is 3. The summed E-state index contributed by atoms with van der Waals surface area (Å²) >= 11 is 6.97. The molecule has 1 aromatic heterocycles. The van der Waals surface area contributed by atoms with E-state index in [1.54, 1.807) is 13.1 Å². The Bertz CT molecular complexity index is 653. The summed E-state index contributed by atoms with van der Waals surface area (Å²) in [6, 6.07) is 13.0. The first-order valence-corrected chi connectivity index (χ1v) is 8.98. The number of rotatable bonds is 6. The van der Waals surface area contributed by atoms with Gasteiger partial charge < -0.3 is 0 Å². The van der Waals surface area contributed by atoms with Crippen LogP contribution < -0.4 is 0 Å². The average Bonchev–Trinajstić information content (AvgIpc) is 2.89. The number of alkyl halides is 1.